The Morgan fingerprint density at radius 3 is 2.58 bits per heavy atom. The van der Waals surface area contributed by atoms with Crippen molar-refractivity contribution in [2.24, 2.45) is 0 Å². The van der Waals surface area contributed by atoms with E-state index in [4.69, 9.17) is 4.98 Å². The van der Waals surface area contributed by atoms with E-state index in [2.05, 4.69) is 72.5 Å². The second-order valence-electron chi connectivity index (χ2n) is 8.92. The number of unbranched alkanes of at least 4 members (excludes halogenated alkanes) is 1. The molecule has 0 saturated heterocycles. The van der Waals surface area contributed by atoms with Crippen LogP contribution in [0.5, 0.6) is 0 Å². The molecular formula is C27H33BrN2O. The molecule has 0 aliphatic carbocycles. The summed E-state index contributed by atoms with van der Waals surface area (Å²) >= 11 is 3.60. The second-order valence-corrected chi connectivity index (χ2v) is 9.77. The molecule has 0 bridgehead atoms. The summed E-state index contributed by atoms with van der Waals surface area (Å²) in [6.07, 6.45) is 7.74. The smallest absolute Gasteiger partial charge is 0.281 e. The lowest BCUT2D eigenvalue weighted by molar-refractivity contribution is 0.425. The molecule has 0 radical (unpaired) electrons. The molecule has 2 heterocycles. The minimum absolute atomic E-state index is 0.131. The molecule has 2 unspecified atom stereocenters. The quantitative estimate of drug-likeness (QED) is 0.331. The molecule has 2 atom stereocenters. The average Bonchev–Trinajstić information content (AvgIpc) is 3.05. The molecule has 31 heavy (non-hydrogen) atoms. The lowest BCUT2D eigenvalue weighted by atomic mass is 9.74. The predicted octanol–water partition coefficient (Wildman–Crippen LogP) is 7.64. The molecule has 4 rings (SSSR count). The van der Waals surface area contributed by atoms with E-state index in [1.54, 1.807) is 0 Å². The molecule has 1 aliphatic heterocycles. The average molecular weight is 481 g/mol. The van der Waals surface area contributed by atoms with E-state index in [1.165, 1.54) is 29.7 Å². The summed E-state index contributed by atoms with van der Waals surface area (Å²) in [6, 6.07) is 13.1. The molecule has 0 amide bonds. The van der Waals surface area contributed by atoms with E-state index in [1.807, 2.05) is 12.1 Å². The van der Waals surface area contributed by atoms with Crippen molar-refractivity contribution in [1.82, 2.24) is 9.55 Å². The van der Waals surface area contributed by atoms with Crippen LogP contribution >= 0.6 is 15.9 Å². The van der Waals surface area contributed by atoms with Crippen LogP contribution in [0.4, 0.5) is 0 Å². The monoisotopic (exact) mass is 480 g/mol. The first-order valence-electron chi connectivity index (χ1n) is 11.9. The summed E-state index contributed by atoms with van der Waals surface area (Å²) in [5, 5.41) is 0.672. The summed E-state index contributed by atoms with van der Waals surface area (Å²) < 4.78 is 3.11. The van der Waals surface area contributed by atoms with Crippen LogP contribution in [0.2, 0.25) is 0 Å². The van der Waals surface area contributed by atoms with E-state index in [-0.39, 0.29) is 11.0 Å². The fourth-order valence-corrected chi connectivity index (χ4v) is 6.04. The van der Waals surface area contributed by atoms with E-state index in [9.17, 15) is 4.79 Å². The zero-order chi connectivity index (χ0) is 22.2. The van der Waals surface area contributed by atoms with Gasteiger partial charge in [0.05, 0.1) is 22.0 Å². The van der Waals surface area contributed by atoms with Gasteiger partial charge < -0.3 is 0 Å². The van der Waals surface area contributed by atoms with Crippen LogP contribution in [0.15, 0.2) is 45.7 Å². The summed E-state index contributed by atoms with van der Waals surface area (Å²) in [5.41, 5.74) is 4.57. The maximum atomic E-state index is 13.1. The molecule has 0 spiro atoms. The van der Waals surface area contributed by atoms with Gasteiger partial charge in [-0.05, 0) is 76.9 Å². The molecule has 2 aromatic carbocycles. The van der Waals surface area contributed by atoms with Gasteiger partial charge in [0.15, 0.2) is 0 Å². The van der Waals surface area contributed by atoms with Crippen LogP contribution in [-0.2, 0) is 5.41 Å². The number of rotatable bonds is 8. The Balaban J connectivity index is 2.07. The van der Waals surface area contributed by atoms with Crippen molar-refractivity contribution in [1.29, 1.82) is 0 Å². The van der Waals surface area contributed by atoms with E-state index < -0.39 is 0 Å². The first kappa shape index (κ1) is 22.3. The maximum Gasteiger partial charge on any atom is 0.281 e. The number of hydrogen-bond donors (Lipinski definition) is 0. The zero-order valence-electron chi connectivity index (χ0n) is 19.2. The molecule has 3 nitrogen and oxygen atoms in total. The molecule has 164 valence electrons. The second kappa shape index (κ2) is 8.90. The fraction of sp³-hybridized carbons (Fsp3) is 0.481. The third-order valence-corrected chi connectivity index (χ3v) is 7.89. The minimum atomic E-state index is -0.202. The highest BCUT2D eigenvalue weighted by atomic mass is 79.9. The Morgan fingerprint density at radius 2 is 1.90 bits per heavy atom. The first-order chi connectivity index (χ1) is 15.0. The highest BCUT2D eigenvalue weighted by Gasteiger charge is 2.44. The number of nitrogens with zero attached hydrogens (tertiary/aromatic N) is 2. The Bertz CT molecular complexity index is 1170. The molecule has 1 aromatic heterocycles. The largest absolute Gasteiger partial charge is 0.296 e. The van der Waals surface area contributed by atoms with Crippen LogP contribution in [0.1, 0.15) is 95.5 Å². The Labute approximate surface area is 194 Å². The molecular weight excluding hydrogens is 448 g/mol. The number of halogens is 1. The van der Waals surface area contributed by atoms with Crippen molar-refractivity contribution >= 4 is 26.8 Å². The number of benzene rings is 2. The van der Waals surface area contributed by atoms with Crippen molar-refractivity contribution in [2.45, 2.75) is 84.0 Å². The van der Waals surface area contributed by atoms with Crippen LogP contribution in [0.25, 0.3) is 16.6 Å². The third kappa shape index (κ3) is 3.47. The van der Waals surface area contributed by atoms with E-state index in [0.717, 1.165) is 47.9 Å². The normalized spacial score (nSPS) is 18.2. The maximum absolute atomic E-state index is 13.1. The van der Waals surface area contributed by atoms with Crippen LogP contribution in [0, 0.1) is 0 Å². The van der Waals surface area contributed by atoms with Crippen molar-refractivity contribution in [3.8, 4) is 5.69 Å². The Kier molecular flexibility index (Phi) is 6.39. The lowest BCUT2D eigenvalue weighted by Crippen LogP contribution is -2.29. The molecule has 0 saturated carbocycles. The summed E-state index contributed by atoms with van der Waals surface area (Å²) in [7, 11) is 0. The van der Waals surface area contributed by atoms with Crippen molar-refractivity contribution < 1.29 is 0 Å². The highest BCUT2D eigenvalue weighted by Crippen LogP contribution is 2.49. The highest BCUT2D eigenvalue weighted by molar-refractivity contribution is 9.10. The van der Waals surface area contributed by atoms with Crippen LogP contribution in [0.3, 0.4) is 0 Å². The lowest BCUT2D eigenvalue weighted by Gasteiger charge is -2.28. The topological polar surface area (TPSA) is 34.9 Å². The van der Waals surface area contributed by atoms with Gasteiger partial charge in [-0.25, -0.2) is 0 Å². The molecule has 0 N–H and O–H groups in total. The number of hydrogen-bond acceptors (Lipinski definition) is 2. The Hall–Kier alpha value is -1.94. The van der Waals surface area contributed by atoms with E-state index in [0.29, 0.717) is 11.3 Å². The van der Waals surface area contributed by atoms with Gasteiger partial charge in [0, 0.05) is 4.47 Å². The summed E-state index contributed by atoms with van der Waals surface area (Å²) in [5.74, 6) is 1.49. The van der Waals surface area contributed by atoms with Crippen LogP contribution in [-0.4, -0.2) is 9.55 Å². The van der Waals surface area contributed by atoms with Crippen molar-refractivity contribution in [3.63, 3.8) is 0 Å². The van der Waals surface area contributed by atoms with Crippen molar-refractivity contribution in [3.05, 3.63) is 68.2 Å². The zero-order valence-corrected chi connectivity index (χ0v) is 20.8. The standard InChI is InChI=1S/C27H33BrN2O/c1-5-9-16-27(8-4)20-15-14-19(18(7-3)11-6-2)17-23(20)30-22-13-10-12-21(28)24(22)25(31)29-26(27)30/h10,12-15,17-18H,5-9,11,16H2,1-4H3. The predicted molar refractivity (Wildman–Crippen MR) is 134 cm³/mol. The van der Waals surface area contributed by atoms with Gasteiger partial charge >= 0.3 is 0 Å². The van der Waals surface area contributed by atoms with Gasteiger partial charge in [-0.15, -0.1) is 0 Å². The molecule has 1 aliphatic rings. The van der Waals surface area contributed by atoms with E-state index >= 15 is 0 Å². The van der Waals surface area contributed by atoms with Gasteiger partial charge in [0.25, 0.3) is 5.56 Å². The number of fused-ring (bicyclic) bond motifs is 5. The molecule has 3 aromatic rings. The number of aromatic nitrogens is 2. The SMILES string of the molecule is CCCCC1(CC)c2ccc(C(CC)CCC)cc2-n2c1nc(=O)c1c(Br)cccc12. The van der Waals surface area contributed by atoms with Gasteiger partial charge in [-0.3, -0.25) is 9.36 Å². The summed E-state index contributed by atoms with van der Waals surface area (Å²) in [4.78, 5) is 17.9. The van der Waals surface area contributed by atoms with Gasteiger partial charge in [-0.1, -0.05) is 65.2 Å². The van der Waals surface area contributed by atoms with Gasteiger partial charge in [-0.2, -0.15) is 4.98 Å². The summed E-state index contributed by atoms with van der Waals surface area (Å²) in [6.45, 7) is 9.02. The van der Waals surface area contributed by atoms with Crippen molar-refractivity contribution in [2.75, 3.05) is 0 Å². The molecule has 4 heteroatoms. The minimum Gasteiger partial charge on any atom is -0.296 e. The fourth-order valence-electron chi connectivity index (χ4n) is 5.51. The van der Waals surface area contributed by atoms with Gasteiger partial charge in [0.1, 0.15) is 5.82 Å². The third-order valence-electron chi connectivity index (χ3n) is 7.23. The van der Waals surface area contributed by atoms with Gasteiger partial charge in [0.2, 0.25) is 0 Å². The van der Waals surface area contributed by atoms with Crippen LogP contribution < -0.4 is 5.56 Å². The first-order valence-corrected chi connectivity index (χ1v) is 12.7. The molecule has 0 fully saturated rings. The Morgan fingerprint density at radius 1 is 1.10 bits per heavy atom.